The van der Waals surface area contributed by atoms with Crippen molar-refractivity contribution in [1.82, 2.24) is 4.98 Å². The lowest BCUT2D eigenvalue weighted by atomic mass is 10.3. The lowest BCUT2D eigenvalue weighted by molar-refractivity contribution is 0.190. The topological polar surface area (TPSA) is 43.4 Å². The molecule has 4 nitrogen and oxygen atoms in total. The largest absolute Gasteiger partial charge is 0.480 e. The maximum Gasteiger partial charge on any atom is 0.237 e. The van der Waals surface area contributed by atoms with Crippen molar-refractivity contribution in [3.63, 3.8) is 0 Å². The van der Waals surface area contributed by atoms with Crippen LogP contribution in [0.25, 0.3) is 0 Å². The van der Waals surface area contributed by atoms with Crippen molar-refractivity contribution in [2.24, 2.45) is 0 Å². The molecule has 0 aliphatic heterocycles. The summed E-state index contributed by atoms with van der Waals surface area (Å²) in [6.45, 7) is 2.69. The average molecular weight is 196 g/mol. The molecule has 1 heterocycles. The predicted octanol–water partition coefficient (Wildman–Crippen LogP) is 1.54. The van der Waals surface area contributed by atoms with Crippen LogP contribution in [0.3, 0.4) is 0 Å². The summed E-state index contributed by atoms with van der Waals surface area (Å²) in [5.41, 5.74) is 0.888. The van der Waals surface area contributed by atoms with E-state index in [4.69, 9.17) is 9.47 Å². The van der Waals surface area contributed by atoms with Crippen LogP contribution in [0.4, 0.5) is 5.69 Å². The molecule has 1 aromatic heterocycles. The molecule has 0 aliphatic carbocycles. The van der Waals surface area contributed by atoms with Crippen LogP contribution in [0.1, 0.15) is 6.92 Å². The molecule has 78 valence electrons. The van der Waals surface area contributed by atoms with E-state index in [0.29, 0.717) is 12.5 Å². The third-order valence-corrected chi connectivity index (χ3v) is 1.78. The number of hydrogen-bond acceptors (Lipinski definition) is 4. The normalized spacial score (nSPS) is 12.2. The van der Waals surface area contributed by atoms with Crippen LogP contribution < -0.4 is 10.1 Å². The zero-order valence-electron chi connectivity index (χ0n) is 8.78. The standard InChI is InChI=1S/C10H16N2O2/c1-8(7-13-2)12-9-5-4-6-11-10(9)14-3/h4-6,8,12H,7H2,1-3H3/t8-/m1/s1. The van der Waals surface area contributed by atoms with E-state index >= 15 is 0 Å². The Morgan fingerprint density at radius 3 is 2.93 bits per heavy atom. The third-order valence-electron chi connectivity index (χ3n) is 1.78. The number of anilines is 1. The fourth-order valence-electron chi connectivity index (χ4n) is 1.22. The number of nitrogens with one attached hydrogen (secondary N) is 1. The van der Waals surface area contributed by atoms with Gasteiger partial charge in [-0.2, -0.15) is 0 Å². The Kier molecular flexibility index (Phi) is 4.19. The van der Waals surface area contributed by atoms with Crippen LogP contribution in [0.2, 0.25) is 0 Å². The van der Waals surface area contributed by atoms with Gasteiger partial charge in [-0.05, 0) is 19.1 Å². The van der Waals surface area contributed by atoms with Gasteiger partial charge in [-0.1, -0.05) is 0 Å². The molecule has 0 fully saturated rings. The first-order chi connectivity index (χ1) is 6.77. The third kappa shape index (κ3) is 2.88. The van der Waals surface area contributed by atoms with Gasteiger partial charge < -0.3 is 14.8 Å². The molecule has 0 radical (unpaired) electrons. The molecule has 0 saturated carbocycles. The Morgan fingerprint density at radius 1 is 1.50 bits per heavy atom. The number of methoxy groups -OCH3 is 2. The highest BCUT2D eigenvalue weighted by Gasteiger charge is 2.06. The number of nitrogens with zero attached hydrogens (tertiary/aromatic N) is 1. The van der Waals surface area contributed by atoms with Crippen molar-refractivity contribution in [2.75, 3.05) is 26.1 Å². The van der Waals surface area contributed by atoms with E-state index in [2.05, 4.69) is 10.3 Å². The molecule has 0 saturated heterocycles. The first-order valence-corrected chi connectivity index (χ1v) is 4.52. The van der Waals surface area contributed by atoms with Gasteiger partial charge in [0.2, 0.25) is 5.88 Å². The second-order valence-corrected chi connectivity index (χ2v) is 3.06. The first-order valence-electron chi connectivity index (χ1n) is 4.52. The molecule has 0 amide bonds. The van der Waals surface area contributed by atoms with Gasteiger partial charge in [-0.3, -0.25) is 0 Å². The zero-order valence-corrected chi connectivity index (χ0v) is 8.78. The molecule has 0 aliphatic rings. The molecule has 1 N–H and O–H groups in total. The summed E-state index contributed by atoms with van der Waals surface area (Å²) in [4.78, 5) is 4.08. The van der Waals surface area contributed by atoms with Crippen LogP contribution in [-0.2, 0) is 4.74 Å². The average Bonchev–Trinajstić information content (AvgIpc) is 2.19. The van der Waals surface area contributed by atoms with Crippen molar-refractivity contribution < 1.29 is 9.47 Å². The number of rotatable bonds is 5. The number of hydrogen-bond donors (Lipinski definition) is 1. The molecule has 0 spiro atoms. The Hall–Kier alpha value is -1.29. The summed E-state index contributed by atoms with van der Waals surface area (Å²) in [7, 11) is 3.28. The molecule has 14 heavy (non-hydrogen) atoms. The number of aromatic nitrogens is 1. The Balaban J connectivity index is 2.65. The second-order valence-electron chi connectivity index (χ2n) is 3.06. The van der Waals surface area contributed by atoms with Crippen LogP contribution in [-0.4, -0.2) is 31.9 Å². The van der Waals surface area contributed by atoms with Gasteiger partial charge in [0.25, 0.3) is 0 Å². The van der Waals surface area contributed by atoms with E-state index in [-0.39, 0.29) is 6.04 Å². The minimum Gasteiger partial charge on any atom is -0.480 e. The second kappa shape index (κ2) is 5.44. The Morgan fingerprint density at radius 2 is 2.29 bits per heavy atom. The first kappa shape index (κ1) is 10.8. The van der Waals surface area contributed by atoms with Crippen molar-refractivity contribution in [1.29, 1.82) is 0 Å². The van der Waals surface area contributed by atoms with Crippen LogP contribution in [0.15, 0.2) is 18.3 Å². The highest BCUT2D eigenvalue weighted by atomic mass is 16.5. The summed E-state index contributed by atoms with van der Waals surface area (Å²) >= 11 is 0. The SMILES string of the molecule is COC[C@@H](C)Nc1cccnc1OC. The fraction of sp³-hybridized carbons (Fsp3) is 0.500. The maximum absolute atomic E-state index is 5.11. The van der Waals surface area contributed by atoms with Gasteiger partial charge in [0.1, 0.15) is 0 Å². The summed E-state index contributed by atoms with van der Waals surface area (Å²) in [5.74, 6) is 0.607. The summed E-state index contributed by atoms with van der Waals surface area (Å²) in [5, 5.41) is 3.25. The lowest BCUT2D eigenvalue weighted by Gasteiger charge is -2.15. The van der Waals surface area contributed by atoms with E-state index in [0.717, 1.165) is 5.69 Å². The molecular weight excluding hydrogens is 180 g/mol. The fourth-order valence-corrected chi connectivity index (χ4v) is 1.22. The van der Waals surface area contributed by atoms with Crippen molar-refractivity contribution in [3.05, 3.63) is 18.3 Å². The van der Waals surface area contributed by atoms with Crippen molar-refractivity contribution >= 4 is 5.69 Å². The smallest absolute Gasteiger partial charge is 0.237 e. The van der Waals surface area contributed by atoms with Crippen molar-refractivity contribution in [2.45, 2.75) is 13.0 Å². The van der Waals surface area contributed by atoms with E-state index in [1.54, 1.807) is 20.4 Å². The van der Waals surface area contributed by atoms with Gasteiger partial charge in [0, 0.05) is 19.3 Å². The monoisotopic (exact) mass is 196 g/mol. The van der Waals surface area contributed by atoms with E-state index < -0.39 is 0 Å². The maximum atomic E-state index is 5.11. The van der Waals surface area contributed by atoms with Gasteiger partial charge in [0.15, 0.2) is 0 Å². The summed E-state index contributed by atoms with van der Waals surface area (Å²) in [6.07, 6.45) is 1.70. The van der Waals surface area contributed by atoms with Crippen LogP contribution >= 0.6 is 0 Å². The molecule has 4 heteroatoms. The van der Waals surface area contributed by atoms with Crippen LogP contribution in [0, 0.1) is 0 Å². The van der Waals surface area contributed by atoms with Crippen molar-refractivity contribution in [3.8, 4) is 5.88 Å². The van der Waals surface area contributed by atoms with Gasteiger partial charge in [-0.25, -0.2) is 4.98 Å². The molecule has 0 bridgehead atoms. The molecule has 0 unspecified atom stereocenters. The predicted molar refractivity (Wildman–Crippen MR) is 55.7 cm³/mol. The van der Waals surface area contributed by atoms with E-state index in [1.807, 2.05) is 19.1 Å². The van der Waals surface area contributed by atoms with Gasteiger partial charge in [0.05, 0.1) is 19.4 Å². The molecule has 1 rings (SSSR count). The van der Waals surface area contributed by atoms with E-state index in [9.17, 15) is 0 Å². The summed E-state index contributed by atoms with van der Waals surface area (Å²) in [6, 6.07) is 4.03. The minimum atomic E-state index is 0.234. The lowest BCUT2D eigenvalue weighted by Crippen LogP contribution is -2.21. The molecule has 1 aromatic rings. The minimum absolute atomic E-state index is 0.234. The number of pyridine rings is 1. The summed E-state index contributed by atoms with van der Waals surface area (Å²) < 4.78 is 10.1. The molecule has 0 aromatic carbocycles. The quantitative estimate of drug-likeness (QED) is 0.775. The van der Waals surface area contributed by atoms with Gasteiger partial charge in [-0.15, -0.1) is 0 Å². The van der Waals surface area contributed by atoms with E-state index in [1.165, 1.54) is 0 Å². The highest BCUT2D eigenvalue weighted by molar-refractivity contribution is 5.52. The Labute approximate surface area is 84.3 Å². The molecule has 1 atom stereocenters. The van der Waals surface area contributed by atoms with Crippen LogP contribution in [0.5, 0.6) is 5.88 Å². The Bertz CT molecular complexity index is 279. The molecular formula is C10H16N2O2. The number of ether oxygens (including phenoxy) is 2. The van der Waals surface area contributed by atoms with Gasteiger partial charge >= 0.3 is 0 Å². The highest BCUT2D eigenvalue weighted by Crippen LogP contribution is 2.20. The zero-order chi connectivity index (χ0) is 10.4.